The predicted octanol–water partition coefficient (Wildman–Crippen LogP) is 23.7. The summed E-state index contributed by atoms with van der Waals surface area (Å²) < 4.78 is 5.50. The van der Waals surface area contributed by atoms with Gasteiger partial charge in [-0.25, -0.2) is 0 Å². The van der Waals surface area contributed by atoms with Gasteiger partial charge in [0, 0.05) is 12.8 Å². The Morgan fingerprint density at radius 3 is 0.950 bits per heavy atom. The van der Waals surface area contributed by atoms with Crippen LogP contribution in [0.5, 0.6) is 0 Å². The Hall–Kier alpha value is -1.66. The molecule has 6 nitrogen and oxygen atoms in total. The lowest BCUT2D eigenvalue weighted by Gasteiger charge is -2.22. The minimum absolute atomic E-state index is 0.0217. The first-order valence-electron chi connectivity index (χ1n) is 36.6. The van der Waals surface area contributed by atoms with Gasteiger partial charge in [0.25, 0.3) is 0 Å². The molecule has 0 radical (unpaired) electrons. The number of aliphatic hydroxyl groups excluding tert-OH is 2. The van der Waals surface area contributed by atoms with E-state index in [0.29, 0.717) is 25.9 Å². The summed E-state index contributed by atoms with van der Waals surface area (Å²) in [5.74, 6) is -0.00890. The van der Waals surface area contributed by atoms with Gasteiger partial charge >= 0.3 is 5.97 Å². The highest BCUT2D eigenvalue weighted by Crippen LogP contribution is 2.19. The number of carbonyl (C=O) groups excluding carboxylic acids is 2. The van der Waals surface area contributed by atoms with Crippen LogP contribution in [0.1, 0.15) is 412 Å². The van der Waals surface area contributed by atoms with E-state index in [0.717, 1.165) is 44.9 Å². The standard InChI is InChI=1S/C74H143NO5/c1-3-5-7-9-11-13-15-17-44-48-52-56-60-64-68-74(79)80-69-65-61-57-53-49-45-42-40-38-36-34-32-30-28-26-24-22-20-18-19-21-23-25-27-29-31-33-35-37-39-41-43-47-51-55-59-63-67-73(78)75-71(70-76)72(77)66-62-58-54-50-46-16-14-12-10-8-6-4-2/h18,20,24,26,71-72,76-77H,3-17,19,21-23,25,27-70H2,1-2H3,(H,75,78)/b20-18-,26-24-. The summed E-state index contributed by atoms with van der Waals surface area (Å²) in [5, 5.41) is 23.3. The summed E-state index contributed by atoms with van der Waals surface area (Å²) in [6.07, 6.45) is 88.3. The van der Waals surface area contributed by atoms with Gasteiger partial charge in [-0.1, -0.05) is 366 Å². The average Bonchev–Trinajstić information content (AvgIpc) is 3.46. The lowest BCUT2D eigenvalue weighted by atomic mass is 10.0. The average molecular weight is 1130 g/mol. The number of hydrogen-bond donors (Lipinski definition) is 3. The molecule has 1 amide bonds. The quantitative estimate of drug-likeness (QED) is 0.0320. The Kier molecular flexibility index (Phi) is 68.4. The van der Waals surface area contributed by atoms with Crippen molar-refractivity contribution in [2.75, 3.05) is 13.2 Å². The largest absolute Gasteiger partial charge is 0.466 e. The molecule has 0 aromatic rings. The van der Waals surface area contributed by atoms with Crippen LogP contribution in [-0.2, 0) is 14.3 Å². The molecule has 0 saturated carbocycles. The molecule has 2 unspecified atom stereocenters. The SMILES string of the molecule is CCCCCCCCCCCCCCCCC(=O)OCCCCCCCCCCCCCCC/C=C\C/C=C\CCCCCCCCCCCCCCCCCCCC(=O)NC(CO)C(O)CCCCCCCCCCCCCC. The Morgan fingerprint density at radius 1 is 0.350 bits per heavy atom. The van der Waals surface area contributed by atoms with E-state index >= 15 is 0 Å². The van der Waals surface area contributed by atoms with Gasteiger partial charge in [-0.15, -0.1) is 0 Å². The molecular weight excluding hydrogens is 983 g/mol. The highest BCUT2D eigenvalue weighted by atomic mass is 16.5. The van der Waals surface area contributed by atoms with Gasteiger partial charge in [0.15, 0.2) is 0 Å². The van der Waals surface area contributed by atoms with Crippen molar-refractivity contribution in [1.29, 1.82) is 0 Å². The van der Waals surface area contributed by atoms with Crippen LogP contribution in [-0.4, -0.2) is 47.4 Å². The van der Waals surface area contributed by atoms with Crippen LogP contribution in [0, 0.1) is 0 Å². The first-order valence-corrected chi connectivity index (χ1v) is 36.6. The zero-order valence-electron chi connectivity index (χ0n) is 54.3. The molecule has 6 heteroatoms. The smallest absolute Gasteiger partial charge is 0.305 e. The normalized spacial score (nSPS) is 12.6. The Balaban J connectivity index is 3.33. The minimum Gasteiger partial charge on any atom is -0.466 e. The molecule has 0 saturated heterocycles. The maximum Gasteiger partial charge on any atom is 0.305 e. The van der Waals surface area contributed by atoms with Crippen molar-refractivity contribution in [2.45, 2.75) is 424 Å². The summed E-state index contributed by atoms with van der Waals surface area (Å²) in [6.45, 7) is 4.98. The minimum atomic E-state index is -0.661. The molecule has 0 bridgehead atoms. The van der Waals surface area contributed by atoms with Crippen LogP contribution in [0.2, 0.25) is 0 Å². The van der Waals surface area contributed by atoms with E-state index in [4.69, 9.17) is 4.74 Å². The second-order valence-electron chi connectivity index (χ2n) is 25.3. The van der Waals surface area contributed by atoms with Crippen LogP contribution in [0.25, 0.3) is 0 Å². The molecule has 3 N–H and O–H groups in total. The molecule has 0 fully saturated rings. The van der Waals surface area contributed by atoms with Crippen molar-refractivity contribution in [3.05, 3.63) is 24.3 Å². The monoisotopic (exact) mass is 1130 g/mol. The second kappa shape index (κ2) is 69.8. The van der Waals surface area contributed by atoms with Gasteiger partial charge in [0.05, 0.1) is 25.4 Å². The Morgan fingerprint density at radius 2 is 0.625 bits per heavy atom. The van der Waals surface area contributed by atoms with Crippen LogP contribution in [0.15, 0.2) is 24.3 Å². The topological polar surface area (TPSA) is 95.9 Å². The molecule has 0 aliphatic heterocycles. The summed E-state index contributed by atoms with van der Waals surface area (Å²) >= 11 is 0. The van der Waals surface area contributed by atoms with Crippen LogP contribution >= 0.6 is 0 Å². The lowest BCUT2D eigenvalue weighted by Crippen LogP contribution is -2.45. The number of carbonyl (C=O) groups is 2. The maximum atomic E-state index is 12.5. The lowest BCUT2D eigenvalue weighted by molar-refractivity contribution is -0.143. The van der Waals surface area contributed by atoms with Gasteiger partial charge in [0.1, 0.15) is 0 Å². The van der Waals surface area contributed by atoms with E-state index in [1.54, 1.807) is 0 Å². The van der Waals surface area contributed by atoms with Gasteiger partial charge in [-0.05, 0) is 57.8 Å². The van der Waals surface area contributed by atoms with Crippen molar-refractivity contribution in [2.24, 2.45) is 0 Å². The summed E-state index contributed by atoms with van der Waals surface area (Å²) in [6, 6.07) is -0.538. The van der Waals surface area contributed by atoms with Crippen molar-refractivity contribution in [3.8, 4) is 0 Å². The number of allylic oxidation sites excluding steroid dienone is 4. The third kappa shape index (κ3) is 65.5. The van der Waals surface area contributed by atoms with E-state index in [-0.39, 0.29) is 18.5 Å². The van der Waals surface area contributed by atoms with Crippen LogP contribution in [0.3, 0.4) is 0 Å². The summed E-state index contributed by atoms with van der Waals surface area (Å²) in [7, 11) is 0. The maximum absolute atomic E-state index is 12.5. The number of amides is 1. The molecule has 0 spiro atoms. The number of rotatable bonds is 69. The highest BCUT2D eigenvalue weighted by molar-refractivity contribution is 5.76. The van der Waals surface area contributed by atoms with Gasteiger partial charge in [-0.2, -0.15) is 0 Å². The van der Waals surface area contributed by atoms with Gasteiger partial charge < -0.3 is 20.3 Å². The highest BCUT2D eigenvalue weighted by Gasteiger charge is 2.20. The second-order valence-corrected chi connectivity index (χ2v) is 25.3. The summed E-state index contributed by atoms with van der Waals surface area (Å²) in [5.41, 5.74) is 0. The fourth-order valence-corrected chi connectivity index (χ4v) is 11.7. The molecule has 80 heavy (non-hydrogen) atoms. The Bertz CT molecular complexity index is 1250. The van der Waals surface area contributed by atoms with Crippen molar-refractivity contribution >= 4 is 11.9 Å². The molecule has 0 heterocycles. The van der Waals surface area contributed by atoms with Crippen LogP contribution in [0.4, 0.5) is 0 Å². The van der Waals surface area contributed by atoms with Crippen molar-refractivity contribution in [1.82, 2.24) is 5.32 Å². The van der Waals surface area contributed by atoms with Gasteiger partial charge in [0.2, 0.25) is 5.91 Å². The number of hydrogen-bond acceptors (Lipinski definition) is 5. The van der Waals surface area contributed by atoms with E-state index < -0.39 is 12.1 Å². The third-order valence-electron chi connectivity index (χ3n) is 17.3. The van der Waals surface area contributed by atoms with E-state index in [1.165, 1.54) is 334 Å². The van der Waals surface area contributed by atoms with Gasteiger partial charge in [-0.3, -0.25) is 9.59 Å². The molecule has 2 atom stereocenters. The van der Waals surface area contributed by atoms with Crippen molar-refractivity contribution < 1.29 is 24.5 Å². The molecule has 0 aliphatic rings. The Labute approximate surface area is 501 Å². The van der Waals surface area contributed by atoms with Crippen LogP contribution < -0.4 is 5.32 Å². The molecule has 474 valence electrons. The zero-order chi connectivity index (χ0) is 57.8. The molecule has 0 aliphatic carbocycles. The fourth-order valence-electron chi connectivity index (χ4n) is 11.7. The fraction of sp³-hybridized carbons (Fsp3) is 0.919. The first kappa shape index (κ1) is 78.3. The van der Waals surface area contributed by atoms with E-state index in [1.807, 2.05) is 0 Å². The van der Waals surface area contributed by atoms with Crippen molar-refractivity contribution in [3.63, 3.8) is 0 Å². The summed E-state index contributed by atoms with van der Waals surface area (Å²) in [4.78, 5) is 24.5. The van der Waals surface area contributed by atoms with E-state index in [2.05, 4.69) is 43.5 Å². The third-order valence-corrected chi connectivity index (χ3v) is 17.3. The van der Waals surface area contributed by atoms with E-state index in [9.17, 15) is 19.8 Å². The number of unbranched alkanes of at least 4 members (excludes halogenated alkanes) is 54. The number of ether oxygens (including phenoxy) is 1. The number of nitrogens with one attached hydrogen (secondary N) is 1. The molecule has 0 aromatic heterocycles. The molecular formula is C74H143NO5. The predicted molar refractivity (Wildman–Crippen MR) is 352 cm³/mol. The molecule has 0 aromatic carbocycles. The number of esters is 1. The first-order chi connectivity index (χ1) is 39.5. The zero-order valence-corrected chi connectivity index (χ0v) is 54.3. The number of aliphatic hydroxyl groups is 2. The molecule has 0 rings (SSSR count).